The second kappa shape index (κ2) is 9.06. The Labute approximate surface area is 160 Å². The molecule has 0 aliphatic carbocycles. The summed E-state index contributed by atoms with van der Waals surface area (Å²) in [5.74, 6) is 1.05. The zero-order valence-electron chi connectivity index (χ0n) is 15.4. The molecule has 0 saturated heterocycles. The molecule has 3 aromatic rings. The van der Waals surface area contributed by atoms with Crippen molar-refractivity contribution in [3.63, 3.8) is 0 Å². The molecule has 0 aliphatic rings. The molecule has 0 atom stereocenters. The lowest BCUT2D eigenvalue weighted by Crippen LogP contribution is -1.97. The Morgan fingerprint density at radius 1 is 0.778 bits per heavy atom. The minimum Gasteiger partial charge on any atom is -0.508 e. The summed E-state index contributed by atoms with van der Waals surface area (Å²) in [6.45, 7) is 0.141. The van der Waals surface area contributed by atoms with Crippen LogP contribution < -0.4 is 4.74 Å². The SMILES string of the molecule is COc1ccc(/C(=C(/CCCO)c2ccccc2)c2ccc(O)cc2)cc1. The third kappa shape index (κ3) is 4.57. The topological polar surface area (TPSA) is 49.7 Å². The van der Waals surface area contributed by atoms with Crippen molar-refractivity contribution >= 4 is 11.1 Å². The van der Waals surface area contributed by atoms with Crippen LogP contribution in [0.4, 0.5) is 0 Å². The Hall–Kier alpha value is -3.04. The largest absolute Gasteiger partial charge is 0.508 e. The number of rotatable bonds is 7. The molecular formula is C24H24O3. The lowest BCUT2D eigenvalue weighted by molar-refractivity contribution is 0.290. The lowest BCUT2D eigenvalue weighted by atomic mass is 9.87. The number of aliphatic hydroxyl groups excluding tert-OH is 1. The van der Waals surface area contributed by atoms with Crippen LogP contribution >= 0.6 is 0 Å². The normalized spacial score (nSPS) is 11.8. The number of methoxy groups -OCH3 is 1. The van der Waals surface area contributed by atoms with Crippen LogP contribution in [0.5, 0.6) is 11.5 Å². The summed E-state index contributed by atoms with van der Waals surface area (Å²) in [4.78, 5) is 0. The monoisotopic (exact) mass is 360 g/mol. The van der Waals surface area contributed by atoms with E-state index in [1.54, 1.807) is 19.2 Å². The molecule has 0 fully saturated rings. The molecule has 0 aromatic heterocycles. The van der Waals surface area contributed by atoms with Crippen LogP contribution in [0.2, 0.25) is 0 Å². The van der Waals surface area contributed by atoms with Gasteiger partial charge < -0.3 is 14.9 Å². The molecule has 0 spiro atoms. The number of phenols is 1. The van der Waals surface area contributed by atoms with Crippen molar-refractivity contribution in [2.24, 2.45) is 0 Å². The van der Waals surface area contributed by atoms with Crippen LogP contribution in [-0.2, 0) is 0 Å². The fraction of sp³-hybridized carbons (Fsp3) is 0.167. The van der Waals surface area contributed by atoms with Gasteiger partial charge in [0.25, 0.3) is 0 Å². The van der Waals surface area contributed by atoms with Crippen molar-refractivity contribution in [2.45, 2.75) is 12.8 Å². The predicted molar refractivity (Wildman–Crippen MR) is 110 cm³/mol. The van der Waals surface area contributed by atoms with E-state index in [2.05, 4.69) is 12.1 Å². The summed E-state index contributed by atoms with van der Waals surface area (Å²) in [5, 5.41) is 19.1. The molecule has 3 rings (SSSR count). The first-order valence-electron chi connectivity index (χ1n) is 9.06. The van der Waals surface area contributed by atoms with Gasteiger partial charge in [-0.3, -0.25) is 0 Å². The predicted octanol–water partition coefficient (Wildman–Crippen LogP) is 5.13. The fourth-order valence-electron chi connectivity index (χ4n) is 3.21. The van der Waals surface area contributed by atoms with Crippen molar-refractivity contribution < 1.29 is 14.9 Å². The van der Waals surface area contributed by atoms with Gasteiger partial charge in [-0.25, -0.2) is 0 Å². The zero-order chi connectivity index (χ0) is 19.1. The average Bonchev–Trinajstić information content (AvgIpc) is 2.73. The van der Waals surface area contributed by atoms with Crippen molar-refractivity contribution in [2.75, 3.05) is 13.7 Å². The molecule has 27 heavy (non-hydrogen) atoms. The number of phenolic OH excluding ortho intramolecular Hbond substituents is 1. The molecule has 0 unspecified atom stereocenters. The Balaban J connectivity index is 2.23. The maximum atomic E-state index is 9.71. The summed E-state index contributed by atoms with van der Waals surface area (Å²) in [7, 11) is 1.66. The highest BCUT2D eigenvalue weighted by molar-refractivity contribution is 5.98. The molecule has 0 heterocycles. The molecule has 2 N–H and O–H groups in total. The summed E-state index contributed by atoms with van der Waals surface area (Å²) in [5.41, 5.74) is 5.48. The molecule has 3 aromatic carbocycles. The Morgan fingerprint density at radius 3 is 1.93 bits per heavy atom. The molecule has 0 radical (unpaired) electrons. The number of benzene rings is 3. The van der Waals surface area contributed by atoms with Crippen LogP contribution in [0.3, 0.4) is 0 Å². The van der Waals surface area contributed by atoms with E-state index >= 15 is 0 Å². The van der Waals surface area contributed by atoms with Gasteiger partial charge in [-0.15, -0.1) is 0 Å². The smallest absolute Gasteiger partial charge is 0.118 e. The highest BCUT2D eigenvalue weighted by Gasteiger charge is 2.14. The first kappa shape index (κ1) is 18.7. The van der Waals surface area contributed by atoms with Gasteiger partial charge in [0, 0.05) is 6.61 Å². The number of aromatic hydroxyl groups is 1. The number of aliphatic hydroxyl groups is 1. The van der Waals surface area contributed by atoms with Gasteiger partial charge >= 0.3 is 0 Å². The van der Waals surface area contributed by atoms with Crippen molar-refractivity contribution in [1.82, 2.24) is 0 Å². The van der Waals surface area contributed by atoms with Crippen LogP contribution in [0.25, 0.3) is 11.1 Å². The van der Waals surface area contributed by atoms with Crippen LogP contribution in [0.15, 0.2) is 78.9 Å². The highest BCUT2D eigenvalue weighted by Crippen LogP contribution is 2.36. The second-order valence-corrected chi connectivity index (χ2v) is 6.32. The van der Waals surface area contributed by atoms with E-state index < -0.39 is 0 Å². The molecule has 0 amide bonds. The quantitative estimate of drug-likeness (QED) is 0.574. The van der Waals surface area contributed by atoms with Gasteiger partial charge in [0.1, 0.15) is 11.5 Å². The zero-order valence-corrected chi connectivity index (χ0v) is 15.4. The molecule has 138 valence electrons. The maximum Gasteiger partial charge on any atom is 0.118 e. The van der Waals surface area contributed by atoms with E-state index in [4.69, 9.17) is 4.74 Å². The maximum absolute atomic E-state index is 9.71. The highest BCUT2D eigenvalue weighted by atomic mass is 16.5. The Bertz CT molecular complexity index is 879. The fourth-order valence-corrected chi connectivity index (χ4v) is 3.21. The molecule has 3 nitrogen and oxygen atoms in total. The first-order valence-corrected chi connectivity index (χ1v) is 9.06. The summed E-state index contributed by atoms with van der Waals surface area (Å²) >= 11 is 0. The van der Waals surface area contributed by atoms with Crippen molar-refractivity contribution in [3.05, 3.63) is 95.6 Å². The van der Waals surface area contributed by atoms with Gasteiger partial charge in [0.2, 0.25) is 0 Å². The summed E-state index contributed by atoms with van der Waals surface area (Å²) < 4.78 is 5.30. The molecule has 0 bridgehead atoms. The minimum absolute atomic E-state index is 0.141. The van der Waals surface area contributed by atoms with Crippen molar-refractivity contribution in [1.29, 1.82) is 0 Å². The second-order valence-electron chi connectivity index (χ2n) is 6.32. The van der Waals surface area contributed by atoms with E-state index in [9.17, 15) is 10.2 Å². The molecular weight excluding hydrogens is 336 g/mol. The number of ether oxygens (including phenoxy) is 1. The molecule has 3 heteroatoms. The number of hydrogen-bond donors (Lipinski definition) is 2. The van der Waals surface area contributed by atoms with Gasteiger partial charge in [-0.05, 0) is 64.9 Å². The molecule has 0 aliphatic heterocycles. The van der Waals surface area contributed by atoms with E-state index in [0.29, 0.717) is 6.42 Å². The average molecular weight is 360 g/mol. The van der Waals surface area contributed by atoms with E-state index in [1.165, 1.54) is 5.57 Å². The van der Waals surface area contributed by atoms with E-state index in [1.807, 2.05) is 54.6 Å². The van der Waals surface area contributed by atoms with Gasteiger partial charge in [-0.2, -0.15) is 0 Å². The third-order valence-electron chi connectivity index (χ3n) is 4.54. The standard InChI is InChI=1S/C24H24O3/c1-27-22-15-11-20(12-16-22)24(19-9-13-21(26)14-10-19)23(8-5-17-25)18-6-3-2-4-7-18/h2-4,6-7,9-16,25-26H,5,8,17H2,1H3/b24-23-. The van der Waals surface area contributed by atoms with Gasteiger partial charge in [-0.1, -0.05) is 54.6 Å². The van der Waals surface area contributed by atoms with Gasteiger partial charge in [0.15, 0.2) is 0 Å². The first-order chi connectivity index (χ1) is 13.2. The summed E-state index contributed by atoms with van der Waals surface area (Å²) in [6.07, 6.45) is 1.44. The van der Waals surface area contributed by atoms with Crippen molar-refractivity contribution in [3.8, 4) is 11.5 Å². The Morgan fingerprint density at radius 2 is 1.37 bits per heavy atom. The Kier molecular flexibility index (Phi) is 6.29. The lowest BCUT2D eigenvalue weighted by Gasteiger charge is -2.18. The van der Waals surface area contributed by atoms with E-state index in [0.717, 1.165) is 34.4 Å². The number of allylic oxidation sites excluding steroid dienone is 1. The third-order valence-corrected chi connectivity index (χ3v) is 4.54. The van der Waals surface area contributed by atoms with Crippen LogP contribution in [0.1, 0.15) is 29.5 Å². The van der Waals surface area contributed by atoms with E-state index in [-0.39, 0.29) is 12.4 Å². The van der Waals surface area contributed by atoms with Gasteiger partial charge in [0.05, 0.1) is 7.11 Å². The van der Waals surface area contributed by atoms with Crippen LogP contribution in [0, 0.1) is 0 Å². The van der Waals surface area contributed by atoms with Crippen LogP contribution in [-0.4, -0.2) is 23.9 Å². The number of hydrogen-bond acceptors (Lipinski definition) is 3. The molecule has 0 saturated carbocycles. The summed E-state index contributed by atoms with van der Waals surface area (Å²) in [6, 6.07) is 25.5. The minimum atomic E-state index is 0.141.